The fourth-order valence-electron chi connectivity index (χ4n) is 1.67. The summed E-state index contributed by atoms with van der Waals surface area (Å²) in [4.78, 5) is 16.5. The lowest BCUT2D eigenvalue weighted by Gasteiger charge is -2.36. The monoisotopic (exact) mass is 210 g/mol. The van der Waals surface area contributed by atoms with Gasteiger partial charge >= 0.3 is 0 Å². The van der Waals surface area contributed by atoms with Crippen LogP contribution in [0.1, 0.15) is 46.5 Å². The van der Waals surface area contributed by atoms with Gasteiger partial charge in [0.25, 0.3) is 0 Å². The third kappa shape index (κ3) is 9.07. The third-order valence-corrected chi connectivity index (χ3v) is 3.04. The largest absolute Gasteiger partial charge is 0.724 e. The van der Waals surface area contributed by atoms with Crippen LogP contribution >= 0.6 is 0 Å². The molecule has 0 bridgehead atoms. The minimum Gasteiger partial charge on any atom is -0.724 e. The average Bonchev–Trinajstić information content (AvgIpc) is 2.13. The van der Waals surface area contributed by atoms with Gasteiger partial charge in [-0.2, -0.15) is 0 Å². The maximum absolute atomic E-state index is 8.24. The zero-order valence-electron chi connectivity index (χ0n) is 9.62. The number of rotatable bonds is 0. The highest BCUT2D eigenvalue weighted by Crippen LogP contribution is 2.39. The van der Waals surface area contributed by atoms with Crippen LogP contribution in [0.4, 0.5) is 0 Å². The van der Waals surface area contributed by atoms with Gasteiger partial charge in [-0.15, -0.1) is 0 Å². The molecule has 1 fully saturated rings. The average molecular weight is 210 g/mol. The Bertz CT molecular complexity index is 213. The van der Waals surface area contributed by atoms with Crippen molar-refractivity contribution >= 4 is 12.2 Å². The Kier molecular flexibility index (Phi) is 10.1. The lowest BCUT2D eigenvalue weighted by atomic mass is 9.70. The molecule has 0 amide bonds. The molecule has 0 aromatic rings. The van der Waals surface area contributed by atoms with E-state index < -0.39 is 0 Å². The van der Waals surface area contributed by atoms with Gasteiger partial charge in [0, 0.05) is 0 Å². The first-order valence-electron chi connectivity index (χ1n) is 4.98. The fraction of sp³-hybridized carbons (Fsp3) is 0.818. The van der Waals surface area contributed by atoms with E-state index >= 15 is 0 Å². The zero-order chi connectivity index (χ0) is 12.3. The summed E-state index contributed by atoms with van der Waals surface area (Å²) in [6.45, 7) is 7.19. The molecule has 0 aliphatic heterocycles. The van der Waals surface area contributed by atoms with Crippen LogP contribution in [0.3, 0.4) is 0 Å². The molecule has 0 saturated heterocycles. The van der Waals surface area contributed by atoms with Crippen molar-refractivity contribution < 1.29 is 9.59 Å². The van der Waals surface area contributed by atoms with Crippen molar-refractivity contribution in [1.29, 1.82) is 0 Å². The lowest BCUT2D eigenvalue weighted by molar-refractivity contribution is 0.154. The van der Waals surface area contributed by atoms with E-state index in [1.165, 1.54) is 25.7 Å². The standard InChI is InChI=1S/C9H18.2CNO/c1-8-6-4-5-7-9(8,2)3;2*2-1-3/h8H,4-7H2,1-3H3;;/q;2*-1. The van der Waals surface area contributed by atoms with Gasteiger partial charge < -0.3 is 10.8 Å². The minimum atomic E-state index is 0.500. The van der Waals surface area contributed by atoms with Crippen molar-refractivity contribution in [3.8, 4) is 0 Å². The van der Waals surface area contributed by atoms with Gasteiger partial charge in [-0.25, -0.2) is 0 Å². The van der Waals surface area contributed by atoms with E-state index in [1.807, 2.05) is 0 Å². The molecule has 15 heavy (non-hydrogen) atoms. The van der Waals surface area contributed by atoms with Gasteiger partial charge in [0.15, 0.2) is 0 Å². The summed E-state index contributed by atoms with van der Waals surface area (Å²) in [7, 11) is 0. The maximum Gasteiger partial charge on any atom is -0.0159 e. The fourth-order valence-corrected chi connectivity index (χ4v) is 1.67. The van der Waals surface area contributed by atoms with E-state index in [-0.39, 0.29) is 0 Å². The molecular formula is C11H18N2O2-2. The second-order valence-electron chi connectivity index (χ2n) is 4.32. The van der Waals surface area contributed by atoms with Gasteiger partial charge in [0.2, 0.25) is 0 Å². The molecular weight excluding hydrogens is 192 g/mol. The number of isocyanates is 2. The second-order valence-corrected chi connectivity index (χ2v) is 4.32. The summed E-state index contributed by atoms with van der Waals surface area (Å²) >= 11 is 0. The molecule has 0 spiro atoms. The molecule has 1 aliphatic carbocycles. The summed E-state index contributed by atoms with van der Waals surface area (Å²) in [5, 5.41) is 13.5. The first-order chi connectivity index (χ1) is 6.96. The topological polar surface area (TPSA) is 78.7 Å². The van der Waals surface area contributed by atoms with Crippen molar-refractivity contribution in [2.24, 2.45) is 11.3 Å². The van der Waals surface area contributed by atoms with Crippen molar-refractivity contribution in [1.82, 2.24) is 0 Å². The molecule has 0 N–H and O–H groups in total. The molecule has 1 rings (SSSR count). The lowest BCUT2D eigenvalue weighted by Crippen LogP contribution is -2.24. The van der Waals surface area contributed by atoms with Crippen LogP contribution in [0.15, 0.2) is 0 Å². The van der Waals surface area contributed by atoms with Crippen LogP contribution in [-0.4, -0.2) is 12.2 Å². The second kappa shape index (κ2) is 9.32. The van der Waals surface area contributed by atoms with Gasteiger partial charge in [-0.3, -0.25) is 9.59 Å². The molecule has 1 unspecified atom stereocenters. The van der Waals surface area contributed by atoms with Gasteiger partial charge in [0.1, 0.15) is 0 Å². The predicted molar refractivity (Wildman–Crippen MR) is 59.5 cm³/mol. The summed E-state index contributed by atoms with van der Waals surface area (Å²) in [5.74, 6) is 0.950. The quantitative estimate of drug-likeness (QED) is 0.455. The normalized spacial score (nSPS) is 21.7. The van der Waals surface area contributed by atoms with Crippen molar-refractivity contribution in [3.05, 3.63) is 10.8 Å². The van der Waals surface area contributed by atoms with Gasteiger partial charge in [-0.05, 0) is 29.9 Å². The SMILES string of the molecule is CC1CCCCC1(C)C.[N-]=C=O.[N-]=C=O. The Morgan fingerprint density at radius 2 is 1.53 bits per heavy atom. The molecule has 1 saturated carbocycles. The van der Waals surface area contributed by atoms with Crippen LogP contribution in [-0.2, 0) is 9.59 Å². The van der Waals surface area contributed by atoms with E-state index in [0.717, 1.165) is 5.92 Å². The van der Waals surface area contributed by atoms with Crippen LogP contribution in [0.25, 0.3) is 10.8 Å². The van der Waals surface area contributed by atoms with E-state index in [0.29, 0.717) is 17.6 Å². The molecule has 4 heteroatoms. The Balaban J connectivity index is 0. The first-order valence-corrected chi connectivity index (χ1v) is 4.98. The van der Waals surface area contributed by atoms with E-state index in [2.05, 4.69) is 20.8 Å². The van der Waals surface area contributed by atoms with Crippen LogP contribution < -0.4 is 0 Å². The van der Waals surface area contributed by atoms with E-state index in [1.54, 1.807) is 0 Å². The summed E-state index contributed by atoms with van der Waals surface area (Å²) < 4.78 is 0. The van der Waals surface area contributed by atoms with E-state index in [9.17, 15) is 0 Å². The van der Waals surface area contributed by atoms with Crippen LogP contribution in [0.5, 0.6) is 0 Å². The predicted octanol–water partition coefficient (Wildman–Crippen LogP) is 3.01. The molecule has 0 aromatic heterocycles. The van der Waals surface area contributed by atoms with Gasteiger partial charge in [0.05, 0.1) is 0 Å². The van der Waals surface area contributed by atoms with Crippen LogP contribution in [0.2, 0.25) is 0 Å². The minimum absolute atomic E-state index is 0.500. The maximum atomic E-state index is 8.24. The molecule has 86 valence electrons. The zero-order valence-corrected chi connectivity index (χ0v) is 9.62. The number of carbonyl (C=O) groups excluding carboxylic acids is 2. The van der Waals surface area contributed by atoms with Crippen LogP contribution in [0, 0.1) is 11.3 Å². The smallest absolute Gasteiger partial charge is 0.0159 e. The molecule has 0 aromatic carbocycles. The highest BCUT2D eigenvalue weighted by atomic mass is 16.1. The van der Waals surface area contributed by atoms with Crippen molar-refractivity contribution in [2.45, 2.75) is 46.5 Å². The number of hydrogen-bond donors (Lipinski definition) is 0. The molecule has 1 aliphatic rings. The van der Waals surface area contributed by atoms with E-state index in [4.69, 9.17) is 20.4 Å². The van der Waals surface area contributed by atoms with Gasteiger partial charge in [-0.1, -0.05) is 40.0 Å². The highest BCUT2D eigenvalue weighted by molar-refractivity contribution is 5.37. The first kappa shape index (κ1) is 16.2. The Morgan fingerprint density at radius 1 is 1.13 bits per heavy atom. The third-order valence-electron chi connectivity index (χ3n) is 3.04. The van der Waals surface area contributed by atoms with Crippen molar-refractivity contribution in [3.63, 3.8) is 0 Å². The number of hydrogen-bond acceptors (Lipinski definition) is 2. The Hall–Kier alpha value is -1.24. The Morgan fingerprint density at radius 3 is 1.73 bits per heavy atom. The summed E-state index contributed by atoms with van der Waals surface area (Å²) in [6, 6.07) is 0. The van der Waals surface area contributed by atoms with Crippen molar-refractivity contribution in [2.75, 3.05) is 0 Å². The molecule has 0 radical (unpaired) electrons. The summed E-state index contributed by atoms with van der Waals surface area (Å²) in [5.41, 5.74) is 0.637. The summed E-state index contributed by atoms with van der Waals surface area (Å²) in [6.07, 6.45) is 6.81. The molecule has 4 nitrogen and oxygen atoms in total. The number of nitrogens with zero attached hydrogens (tertiary/aromatic N) is 2. The highest BCUT2D eigenvalue weighted by Gasteiger charge is 2.27. The Labute approximate surface area is 91.1 Å². The molecule has 0 heterocycles. The molecule has 1 atom stereocenters.